The highest BCUT2D eigenvalue weighted by Gasteiger charge is 2.05. The van der Waals surface area contributed by atoms with E-state index in [0.717, 1.165) is 12.8 Å². The quantitative estimate of drug-likeness (QED) is 0.719. The Hall–Kier alpha value is -1.37. The summed E-state index contributed by atoms with van der Waals surface area (Å²) >= 11 is 0. The van der Waals surface area contributed by atoms with E-state index < -0.39 is 0 Å². The summed E-state index contributed by atoms with van der Waals surface area (Å²) in [6.07, 6.45) is 4.08. The summed E-state index contributed by atoms with van der Waals surface area (Å²) < 4.78 is 0. The maximum absolute atomic E-state index is 4.53. The monoisotopic (exact) mass is 199 g/mol. The van der Waals surface area contributed by atoms with Crippen LogP contribution in [0.3, 0.4) is 0 Å². The number of aryl methyl sites for hydroxylation is 3. The van der Waals surface area contributed by atoms with Crippen LogP contribution in [0.4, 0.5) is 0 Å². The van der Waals surface area contributed by atoms with Crippen LogP contribution in [-0.2, 0) is 12.8 Å². The molecule has 0 aliphatic rings. The number of fused-ring (bicyclic) bond motifs is 1. The van der Waals surface area contributed by atoms with Crippen molar-refractivity contribution in [2.24, 2.45) is 0 Å². The van der Waals surface area contributed by atoms with Gasteiger partial charge in [-0.3, -0.25) is 4.98 Å². The Bertz CT molecular complexity index is 486. The Morgan fingerprint density at radius 1 is 1.13 bits per heavy atom. The molecule has 0 aliphatic carbocycles. The van der Waals surface area contributed by atoms with Crippen LogP contribution in [0.25, 0.3) is 10.8 Å². The average Bonchev–Trinajstić information content (AvgIpc) is 2.27. The highest BCUT2D eigenvalue weighted by Crippen LogP contribution is 2.22. The van der Waals surface area contributed by atoms with Gasteiger partial charge in [-0.1, -0.05) is 37.6 Å². The van der Waals surface area contributed by atoms with Crippen molar-refractivity contribution in [1.29, 1.82) is 0 Å². The van der Waals surface area contributed by atoms with Crippen molar-refractivity contribution in [3.63, 3.8) is 0 Å². The molecule has 1 aromatic heterocycles. The summed E-state index contributed by atoms with van der Waals surface area (Å²) in [6, 6.07) is 6.58. The molecule has 0 saturated heterocycles. The van der Waals surface area contributed by atoms with Gasteiger partial charge in [0.2, 0.25) is 0 Å². The van der Waals surface area contributed by atoms with Crippen molar-refractivity contribution in [2.75, 3.05) is 0 Å². The predicted octanol–water partition coefficient (Wildman–Crippen LogP) is 3.67. The molecule has 2 rings (SSSR count). The Labute approximate surface area is 91.2 Å². The zero-order valence-corrected chi connectivity index (χ0v) is 9.67. The van der Waals surface area contributed by atoms with Gasteiger partial charge in [0.25, 0.3) is 0 Å². The van der Waals surface area contributed by atoms with Crippen molar-refractivity contribution < 1.29 is 0 Å². The molecule has 78 valence electrons. The van der Waals surface area contributed by atoms with E-state index in [4.69, 9.17) is 0 Å². The standard InChI is InChI=1S/C14H17N/c1-4-12-13-8-10(3)6-7-11(13)9-15-14(12)5-2/h6-9H,4-5H2,1-3H3. The summed E-state index contributed by atoms with van der Waals surface area (Å²) in [4.78, 5) is 4.53. The van der Waals surface area contributed by atoms with Crippen molar-refractivity contribution in [2.45, 2.75) is 33.6 Å². The van der Waals surface area contributed by atoms with Gasteiger partial charge in [0, 0.05) is 17.3 Å². The van der Waals surface area contributed by atoms with E-state index in [0.29, 0.717) is 0 Å². The van der Waals surface area contributed by atoms with E-state index >= 15 is 0 Å². The molecule has 0 unspecified atom stereocenters. The number of benzene rings is 1. The Balaban J connectivity index is 2.79. The lowest BCUT2D eigenvalue weighted by molar-refractivity contribution is 0.979. The molecule has 1 heterocycles. The van der Waals surface area contributed by atoms with Gasteiger partial charge < -0.3 is 0 Å². The molecule has 0 amide bonds. The lowest BCUT2D eigenvalue weighted by Gasteiger charge is -2.09. The van der Waals surface area contributed by atoms with Crippen LogP contribution in [0, 0.1) is 6.92 Å². The lowest BCUT2D eigenvalue weighted by Crippen LogP contribution is -1.96. The normalized spacial score (nSPS) is 10.9. The first-order chi connectivity index (χ1) is 7.26. The van der Waals surface area contributed by atoms with Crippen LogP contribution in [-0.4, -0.2) is 4.98 Å². The fourth-order valence-corrected chi connectivity index (χ4v) is 2.12. The molecular weight excluding hydrogens is 182 g/mol. The topological polar surface area (TPSA) is 12.9 Å². The Morgan fingerprint density at radius 3 is 2.60 bits per heavy atom. The highest BCUT2D eigenvalue weighted by molar-refractivity contribution is 5.86. The zero-order chi connectivity index (χ0) is 10.8. The van der Waals surface area contributed by atoms with Crippen molar-refractivity contribution in [3.05, 3.63) is 41.2 Å². The second-order valence-corrected chi connectivity index (χ2v) is 3.98. The van der Waals surface area contributed by atoms with Crippen LogP contribution >= 0.6 is 0 Å². The number of rotatable bonds is 2. The van der Waals surface area contributed by atoms with Crippen LogP contribution in [0.5, 0.6) is 0 Å². The van der Waals surface area contributed by atoms with E-state index in [1.807, 2.05) is 6.20 Å². The van der Waals surface area contributed by atoms with E-state index in [9.17, 15) is 0 Å². The third-order valence-electron chi connectivity index (χ3n) is 2.93. The summed E-state index contributed by atoms with van der Waals surface area (Å²) in [6.45, 7) is 6.52. The van der Waals surface area contributed by atoms with Gasteiger partial charge in [-0.25, -0.2) is 0 Å². The van der Waals surface area contributed by atoms with Gasteiger partial charge in [0.1, 0.15) is 0 Å². The SMILES string of the molecule is CCc1ncc2ccc(C)cc2c1CC. The Morgan fingerprint density at radius 2 is 1.93 bits per heavy atom. The smallest absolute Gasteiger partial charge is 0.0439 e. The maximum atomic E-state index is 4.53. The largest absolute Gasteiger partial charge is 0.260 e. The summed E-state index contributed by atoms with van der Waals surface area (Å²) in [5.41, 5.74) is 3.99. The molecular formula is C14H17N. The predicted molar refractivity (Wildman–Crippen MR) is 65.2 cm³/mol. The highest BCUT2D eigenvalue weighted by atomic mass is 14.7. The molecule has 2 aromatic rings. The number of nitrogens with zero attached hydrogens (tertiary/aromatic N) is 1. The summed E-state index contributed by atoms with van der Waals surface area (Å²) in [5, 5.41) is 2.64. The lowest BCUT2D eigenvalue weighted by atomic mass is 9.99. The van der Waals surface area contributed by atoms with Crippen molar-refractivity contribution in [1.82, 2.24) is 4.98 Å². The van der Waals surface area contributed by atoms with Gasteiger partial charge in [-0.2, -0.15) is 0 Å². The van der Waals surface area contributed by atoms with E-state index in [1.165, 1.54) is 27.6 Å². The number of aromatic nitrogens is 1. The maximum Gasteiger partial charge on any atom is 0.0439 e. The average molecular weight is 199 g/mol. The summed E-state index contributed by atoms with van der Waals surface area (Å²) in [7, 11) is 0. The molecule has 0 aliphatic heterocycles. The first kappa shape index (κ1) is 10.2. The zero-order valence-electron chi connectivity index (χ0n) is 9.67. The minimum atomic E-state index is 1.02. The minimum absolute atomic E-state index is 1.02. The first-order valence-electron chi connectivity index (χ1n) is 5.63. The molecule has 0 saturated carbocycles. The molecule has 1 nitrogen and oxygen atoms in total. The number of pyridine rings is 1. The molecule has 0 N–H and O–H groups in total. The van der Waals surface area contributed by atoms with Crippen LogP contribution in [0.1, 0.15) is 30.7 Å². The molecule has 1 heteroatoms. The molecule has 15 heavy (non-hydrogen) atoms. The first-order valence-corrected chi connectivity index (χ1v) is 5.63. The minimum Gasteiger partial charge on any atom is -0.260 e. The van der Waals surface area contributed by atoms with E-state index in [2.05, 4.69) is 44.0 Å². The Kier molecular flexibility index (Phi) is 2.72. The third kappa shape index (κ3) is 1.74. The van der Waals surface area contributed by atoms with Crippen molar-refractivity contribution in [3.8, 4) is 0 Å². The molecule has 1 aromatic carbocycles. The van der Waals surface area contributed by atoms with E-state index in [1.54, 1.807) is 0 Å². The number of hydrogen-bond donors (Lipinski definition) is 0. The van der Waals surface area contributed by atoms with Crippen LogP contribution < -0.4 is 0 Å². The van der Waals surface area contributed by atoms with Gasteiger partial charge in [0.15, 0.2) is 0 Å². The van der Waals surface area contributed by atoms with Crippen molar-refractivity contribution >= 4 is 10.8 Å². The third-order valence-corrected chi connectivity index (χ3v) is 2.93. The van der Waals surface area contributed by atoms with Crippen LogP contribution in [0.2, 0.25) is 0 Å². The molecule has 0 radical (unpaired) electrons. The van der Waals surface area contributed by atoms with Crippen LogP contribution in [0.15, 0.2) is 24.4 Å². The number of hydrogen-bond acceptors (Lipinski definition) is 1. The second-order valence-electron chi connectivity index (χ2n) is 3.98. The van der Waals surface area contributed by atoms with Gasteiger partial charge in [-0.15, -0.1) is 0 Å². The molecule has 0 bridgehead atoms. The molecule has 0 spiro atoms. The molecule has 0 fully saturated rings. The van der Waals surface area contributed by atoms with Gasteiger partial charge in [0.05, 0.1) is 0 Å². The second kappa shape index (κ2) is 4.01. The fraction of sp³-hybridized carbons (Fsp3) is 0.357. The molecule has 0 atom stereocenters. The summed E-state index contributed by atoms with van der Waals surface area (Å²) in [5.74, 6) is 0. The van der Waals surface area contributed by atoms with Gasteiger partial charge >= 0.3 is 0 Å². The van der Waals surface area contributed by atoms with E-state index in [-0.39, 0.29) is 0 Å². The fourth-order valence-electron chi connectivity index (χ4n) is 2.12. The van der Waals surface area contributed by atoms with Gasteiger partial charge in [-0.05, 0) is 30.7 Å².